The molecule has 0 N–H and O–H groups in total. The second-order valence-electron chi connectivity index (χ2n) is 1.73. The van der Waals surface area contributed by atoms with Crippen LogP contribution in [0.5, 0.6) is 0 Å². The molecule has 0 unspecified atom stereocenters. The molecule has 0 bridgehead atoms. The first kappa shape index (κ1) is 9.18. The number of hydrogen-bond donors (Lipinski definition) is 0. The zero-order valence-corrected chi connectivity index (χ0v) is 4.69. The highest BCUT2D eigenvalue weighted by Crippen LogP contribution is 1.81. The normalized spacial score (nSPS) is 6.67. The fourth-order valence-corrected chi connectivity index (χ4v) is 0. The summed E-state index contributed by atoms with van der Waals surface area (Å²) in [6.45, 7) is 8.50. The highest BCUT2D eigenvalue weighted by Gasteiger charge is 1.68. The van der Waals surface area contributed by atoms with E-state index in [1.54, 1.807) is 0 Å². The maximum atomic E-state index is 8.00. The minimum Gasteiger partial charge on any atom is -0.307 e. The topological polar surface area (TPSA) is 17.1 Å². The van der Waals surface area contributed by atoms with Crippen LogP contribution in [0.15, 0.2) is 0 Å². The Kier molecular flexibility index (Phi) is 13.5. The summed E-state index contributed by atoms with van der Waals surface area (Å²) in [7, 11) is 0. The van der Waals surface area contributed by atoms with Crippen LogP contribution in [-0.4, -0.2) is 6.79 Å². The van der Waals surface area contributed by atoms with Crippen molar-refractivity contribution in [3.05, 3.63) is 0 Å². The van der Waals surface area contributed by atoms with Gasteiger partial charge in [0.05, 0.1) is 0 Å². The Hall–Kier alpha value is -0.330. The third kappa shape index (κ3) is 240. The van der Waals surface area contributed by atoms with Gasteiger partial charge in [0.1, 0.15) is 6.79 Å². The molecule has 0 aromatic carbocycles. The van der Waals surface area contributed by atoms with E-state index in [2.05, 4.69) is 20.8 Å². The lowest BCUT2D eigenvalue weighted by molar-refractivity contribution is -0.0979. The third-order valence-electron chi connectivity index (χ3n) is 0. The number of hydrogen-bond acceptors (Lipinski definition) is 1. The predicted octanol–water partition coefficient (Wildman–Crippen LogP) is 1.48. The van der Waals surface area contributed by atoms with Crippen molar-refractivity contribution >= 4 is 6.79 Å². The zero-order valence-electron chi connectivity index (χ0n) is 4.69. The molecule has 0 aliphatic heterocycles. The second kappa shape index (κ2) is 8.82. The van der Waals surface area contributed by atoms with Gasteiger partial charge in [0, 0.05) is 0 Å². The molecule has 1 nitrogen and oxygen atoms in total. The SMILES string of the molecule is C=O.CC(C)C. The van der Waals surface area contributed by atoms with Gasteiger partial charge in [0.15, 0.2) is 0 Å². The molecule has 0 fully saturated rings. The molecule has 38 valence electrons. The van der Waals surface area contributed by atoms with E-state index >= 15 is 0 Å². The summed E-state index contributed by atoms with van der Waals surface area (Å²) in [4.78, 5) is 8.00. The lowest BCUT2D eigenvalue weighted by atomic mass is 10.3. The molecule has 0 aliphatic rings. The molecular weight excluding hydrogens is 76.1 g/mol. The molecule has 0 aromatic heterocycles. The minimum atomic E-state index is 0.833. The maximum Gasteiger partial charge on any atom is 0.106 e. The van der Waals surface area contributed by atoms with Crippen molar-refractivity contribution in [2.24, 2.45) is 5.92 Å². The smallest absolute Gasteiger partial charge is 0.106 e. The Bertz CT molecular complexity index is 15.1. The van der Waals surface area contributed by atoms with Crippen LogP contribution >= 0.6 is 0 Å². The lowest BCUT2D eigenvalue weighted by Crippen LogP contribution is -1.66. The maximum absolute atomic E-state index is 8.00. The predicted molar refractivity (Wildman–Crippen MR) is 27.6 cm³/mol. The number of carbonyl (C=O) groups is 1. The van der Waals surface area contributed by atoms with Crippen molar-refractivity contribution in [1.82, 2.24) is 0 Å². The molecule has 0 amide bonds. The minimum absolute atomic E-state index is 0.833. The standard InChI is InChI=1S/C4H10.CH2O/c1-4(2)3;1-2/h4H,1-3H3;1H2. The summed E-state index contributed by atoms with van der Waals surface area (Å²) in [5.74, 6) is 0.833. The molecule has 0 spiro atoms. The Labute approximate surface area is 39.4 Å². The Morgan fingerprint density at radius 2 is 1.17 bits per heavy atom. The molecule has 0 aliphatic carbocycles. The lowest BCUT2D eigenvalue weighted by Gasteiger charge is -1.79. The van der Waals surface area contributed by atoms with Crippen LogP contribution in [0.25, 0.3) is 0 Å². The molecule has 0 radical (unpaired) electrons. The molecule has 0 atom stereocenters. The van der Waals surface area contributed by atoms with E-state index in [-0.39, 0.29) is 0 Å². The van der Waals surface area contributed by atoms with Gasteiger partial charge in [-0.3, -0.25) is 0 Å². The third-order valence-corrected chi connectivity index (χ3v) is 0. The van der Waals surface area contributed by atoms with Gasteiger partial charge in [-0.15, -0.1) is 0 Å². The van der Waals surface area contributed by atoms with Crippen LogP contribution in [0, 0.1) is 5.92 Å². The van der Waals surface area contributed by atoms with Gasteiger partial charge in [0.2, 0.25) is 0 Å². The van der Waals surface area contributed by atoms with Gasteiger partial charge >= 0.3 is 0 Å². The van der Waals surface area contributed by atoms with Crippen molar-refractivity contribution in [3.63, 3.8) is 0 Å². The fraction of sp³-hybridized carbons (Fsp3) is 0.800. The van der Waals surface area contributed by atoms with Gasteiger partial charge in [-0.05, 0) is 5.92 Å². The quantitative estimate of drug-likeness (QED) is 0.438. The summed E-state index contributed by atoms with van der Waals surface area (Å²) in [5.41, 5.74) is 0. The fourth-order valence-electron chi connectivity index (χ4n) is 0. The van der Waals surface area contributed by atoms with Crippen LogP contribution in [0.2, 0.25) is 0 Å². The summed E-state index contributed by atoms with van der Waals surface area (Å²) in [5, 5.41) is 0. The highest BCUT2D eigenvalue weighted by atomic mass is 16.1. The van der Waals surface area contributed by atoms with E-state index < -0.39 is 0 Å². The molecule has 0 saturated carbocycles. The van der Waals surface area contributed by atoms with E-state index in [1.807, 2.05) is 6.79 Å². The van der Waals surface area contributed by atoms with Gasteiger partial charge < -0.3 is 4.79 Å². The van der Waals surface area contributed by atoms with Gasteiger partial charge in [-0.25, -0.2) is 0 Å². The average Bonchev–Trinajstić information content (AvgIpc) is 1.41. The van der Waals surface area contributed by atoms with Crippen molar-refractivity contribution in [1.29, 1.82) is 0 Å². The average molecular weight is 88.2 g/mol. The molecule has 6 heavy (non-hydrogen) atoms. The van der Waals surface area contributed by atoms with E-state index in [1.165, 1.54) is 0 Å². The molecule has 0 saturated heterocycles. The van der Waals surface area contributed by atoms with Crippen molar-refractivity contribution < 1.29 is 4.79 Å². The van der Waals surface area contributed by atoms with E-state index in [0.29, 0.717) is 0 Å². The Morgan fingerprint density at radius 1 is 1.17 bits per heavy atom. The largest absolute Gasteiger partial charge is 0.307 e. The van der Waals surface area contributed by atoms with Gasteiger partial charge in [-0.2, -0.15) is 0 Å². The Morgan fingerprint density at radius 3 is 1.17 bits per heavy atom. The van der Waals surface area contributed by atoms with Crippen LogP contribution < -0.4 is 0 Å². The monoisotopic (exact) mass is 88.1 g/mol. The van der Waals surface area contributed by atoms with Crippen molar-refractivity contribution in [2.45, 2.75) is 20.8 Å². The second-order valence-corrected chi connectivity index (χ2v) is 1.73. The molecule has 1 heteroatoms. The van der Waals surface area contributed by atoms with Gasteiger partial charge in [0.25, 0.3) is 0 Å². The molecule has 0 rings (SSSR count). The van der Waals surface area contributed by atoms with Crippen LogP contribution in [0.1, 0.15) is 20.8 Å². The van der Waals surface area contributed by atoms with E-state index in [0.717, 1.165) is 5.92 Å². The summed E-state index contributed by atoms with van der Waals surface area (Å²) < 4.78 is 0. The summed E-state index contributed by atoms with van der Waals surface area (Å²) >= 11 is 0. The van der Waals surface area contributed by atoms with Crippen LogP contribution in [0.3, 0.4) is 0 Å². The number of rotatable bonds is 0. The van der Waals surface area contributed by atoms with Crippen LogP contribution in [-0.2, 0) is 4.79 Å². The van der Waals surface area contributed by atoms with Crippen LogP contribution in [0.4, 0.5) is 0 Å². The molecule has 0 aromatic rings. The van der Waals surface area contributed by atoms with E-state index in [4.69, 9.17) is 4.79 Å². The summed E-state index contributed by atoms with van der Waals surface area (Å²) in [6, 6.07) is 0. The first-order chi connectivity index (χ1) is 2.73. The number of carbonyl (C=O) groups excluding carboxylic acids is 1. The molecular formula is C5H12O. The van der Waals surface area contributed by atoms with Crippen molar-refractivity contribution in [3.8, 4) is 0 Å². The van der Waals surface area contributed by atoms with E-state index in [9.17, 15) is 0 Å². The Balaban J connectivity index is 0. The zero-order chi connectivity index (χ0) is 5.58. The van der Waals surface area contributed by atoms with Crippen molar-refractivity contribution in [2.75, 3.05) is 0 Å². The highest BCUT2D eigenvalue weighted by molar-refractivity contribution is 5.10. The molecule has 0 heterocycles. The van der Waals surface area contributed by atoms with Gasteiger partial charge in [-0.1, -0.05) is 20.8 Å². The summed E-state index contributed by atoms with van der Waals surface area (Å²) in [6.07, 6.45) is 0. The first-order valence-corrected chi connectivity index (χ1v) is 2.02. The first-order valence-electron chi connectivity index (χ1n) is 2.02.